The van der Waals surface area contributed by atoms with E-state index < -0.39 is 0 Å². The topological polar surface area (TPSA) is 91.8 Å². The monoisotopic (exact) mass is 718 g/mol. The van der Waals surface area contributed by atoms with Crippen molar-refractivity contribution in [1.29, 1.82) is 0 Å². The van der Waals surface area contributed by atoms with Gasteiger partial charge in [0.15, 0.2) is 29.3 Å². The normalized spacial score (nSPS) is 19.8. The summed E-state index contributed by atoms with van der Waals surface area (Å²) in [6.45, 7) is 13.5. The minimum Gasteiger partial charge on any atom is -0.493 e. The highest BCUT2D eigenvalue weighted by Gasteiger charge is 2.44. The average Bonchev–Trinajstić information content (AvgIpc) is 3.73. The van der Waals surface area contributed by atoms with Gasteiger partial charge in [-0.05, 0) is 110 Å². The van der Waals surface area contributed by atoms with Crippen molar-refractivity contribution in [2.45, 2.75) is 138 Å². The Kier molecular flexibility index (Phi) is 22.0. The fourth-order valence-electron chi connectivity index (χ4n) is 8.16. The average molecular weight is 718 g/mol. The number of hydrogen-bond acceptors (Lipinski definition) is 6. The molecule has 2 aliphatic rings. The summed E-state index contributed by atoms with van der Waals surface area (Å²) in [5.41, 5.74) is 10.4. The molecule has 2 saturated carbocycles. The van der Waals surface area contributed by atoms with Crippen molar-refractivity contribution < 1.29 is 23.5 Å². The van der Waals surface area contributed by atoms with Crippen LogP contribution in [0.4, 0.5) is 0 Å². The van der Waals surface area contributed by atoms with Gasteiger partial charge in [-0.1, -0.05) is 111 Å². The standard InChI is InChI=1S/C26H41NO.C13H20O2.C5H4O2.C2H6/c1-4-5-9-22-14-18(2)15-24(21-10-7-6-8-11-21)25(22)26(28)23-16-20(17-27)13-12-19(23)3;1-4-5-6-7-11-8-9-12(14-2)13(10-11)15-3;6-4-5-2-1-3-7-5;1-2/h12-13,16,18,21-22,24-25H,4-11,14-15,17,27H2,1-3H3;8-10H,4-7H2,1-3H3;1-4H;1-2H3. The first-order valence-corrected chi connectivity index (χ1v) is 20.3. The molecule has 2 N–H and O–H groups in total. The van der Waals surface area contributed by atoms with E-state index >= 15 is 0 Å². The highest BCUT2D eigenvalue weighted by Crippen LogP contribution is 2.48. The molecule has 0 amide bonds. The van der Waals surface area contributed by atoms with E-state index in [0.29, 0.717) is 36.2 Å². The van der Waals surface area contributed by atoms with E-state index in [1.165, 1.54) is 95.3 Å². The number of ketones is 1. The molecule has 2 aliphatic carbocycles. The molecule has 6 heteroatoms. The summed E-state index contributed by atoms with van der Waals surface area (Å²) >= 11 is 0. The van der Waals surface area contributed by atoms with Gasteiger partial charge in [-0.2, -0.15) is 0 Å². The van der Waals surface area contributed by atoms with E-state index in [2.05, 4.69) is 62.4 Å². The molecule has 0 radical (unpaired) electrons. The number of carbonyl (C=O) groups is 2. The third-order valence-corrected chi connectivity index (χ3v) is 10.8. The van der Waals surface area contributed by atoms with Crippen LogP contribution in [0.2, 0.25) is 0 Å². The van der Waals surface area contributed by atoms with Crippen molar-refractivity contribution in [1.82, 2.24) is 0 Å². The molecule has 0 saturated heterocycles. The number of aldehydes is 1. The zero-order valence-corrected chi connectivity index (χ0v) is 33.9. The maximum absolute atomic E-state index is 14.0. The number of aryl methyl sites for hydroxylation is 2. The molecule has 3 aromatic rings. The third kappa shape index (κ3) is 14.2. The first-order chi connectivity index (χ1) is 25.3. The van der Waals surface area contributed by atoms with E-state index in [1.54, 1.807) is 26.4 Å². The molecular weight excluding hydrogens is 647 g/mol. The van der Waals surface area contributed by atoms with Gasteiger partial charge in [0.2, 0.25) is 0 Å². The number of unbranched alkanes of at least 4 members (excludes halogenated alkanes) is 3. The zero-order valence-electron chi connectivity index (χ0n) is 33.9. The van der Waals surface area contributed by atoms with Gasteiger partial charge in [0, 0.05) is 18.0 Å². The van der Waals surface area contributed by atoms with E-state index in [0.717, 1.165) is 46.4 Å². The van der Waals surface area contributed by atoms with Gasteiger partial charge in [-0.15, -0.1) is 0 Å². The summed E-state index contributed by atoms with van der Waals surface area (Å²) in [6.07, 6.45) is 20.0. The Morgan fingerprint density at radius 3 is 2.15 bits per heavy atom. The van der Waals surface area contributed by atoms with Gasteiger partial charge in [0.05, 0.1) is 20.5 Å². The predicted octanol–water partition coefficient (Wildman–Crippen LogP) is 12.2. The van der Waals surface area contributed by atoms with Crippen molar-refractivity contribution in [2.75, 3.05) is 14.2 Å². The van der Waals surface area contributed by atoms with Crippen LogP contribution in [0, 0.1) is 36.5 Å². The number of carbonyl (C=O) groups excluding carboxylic acids is 2. The quantitative estimate of drug-likeness (QED) is 0.101. The molecule has 4 unspecified atom stereocenters. The molecule has 1 aromatic heterocycles. The molecule has 290 valence electrons. The molecule has 2 aromatic carbocycles. The third-order valence-electron chi connectivity index (χ3n) is 10.8. The number of furan rings is 1. The van der Waals surface area contributed by atoms with E-state index in [-0.39, 0.29) is 5.92 Å². The van der Waals surface area contributed by atoms with Crippen molar-refractivity contribution in [3.05, 3.63) is 82.8 Å². The van der Waals surface area contributed by atoms with Crippen LogP contribution in [-0.4, -0.2) is 26.3 Å². The number of rotatable bonds is 14. The number of ether oxygens (including phenoxy) is 2. The van der Waals surface area contributed by atoms with E-state index in [4.69, 9.17) is 15.2 Å². The molecule has 0 bridgehead atoms. The van der Waals surface area contributed by atoms with Gasteiger partial charge < -0.3 is 19.6 Å². The lowest BCUT2D eigenvalue weighted by Crippen LogP contribution is -2.41. The van der Waals surface area contributed by atoms with Crippen LogP contribution < -0.4 is 15.2 Å². The van der Waals surface area contributed by atoms with Gasteiger partial charge in [-0.3, -0.25) is 9.59 Å². The van der Waals surface area contributed by atoms with Crippen LogP contribution >= 0.6 is 0 Å². The molecular formula is C46H71NO5. The Balaban J connectivity index is 0.000000323. The van der Waals surface area contributed by atoms with Gasteiger partial charge in [0.25, 0.3) is 0 Å². The van der Waals surface area contributed by atoms with Crippen LogP contribution in [0.25, 0.3) is 0 Å². The Morgan fingerprint density at radius 2 is 1.58 bits per heavy atom. The maximum Gasteiger partial charge on any atom is 0.185 e. The van der Waals surface area contributed by atoms with Gasteiger partial charge >= 0.3 is 0 Å². The van der Waals surface area contributed by atoms with Crippen molar-refractivity contribution >= 4 is 12.1 Å². The number of methoxy groups -OCH3 is 2. The summed E-state index contributed by atoms with van der Waals surface area (Å²) in [5, 5.41) is 0. The molecule has 52 heavy (non-hydrogen) atoms. The minimum atomic E-state index is 0.220. The summed E-state index contributed by atoms with van der Waals surface area (Å²) < 4.78 is 15.1. The Bertz CT molecular complexity index is 1390. The summed E-state index contributed by atoms with van der Waals surface area (Å²) in [4.78, 5) is 23.8. The van der Waals surface area contributed by atoms with Gasteiger partial charge in [-0.25, -0.2) is 0 Å². The fraction of sp³-hybridized carbons (Fsp3) is 0.609. The first-order valence-electron chi connectivity index (χ1n) is 20.3. The van der Waals surface area contributed by atoms with E-state index in [9.17, 15) is 9.59 Å². The van der Waals surface area contributed by atoms with Crippen LogP contribution in [0.3, 0.4) is 0 Å². The lowest BCUT2D eigenvalue weighted by Gasteiger charge is -2.45. The second kappa shape index (κ2) is 25.6. The summed E-state index contributed by atoms with van der Waals surface area (Å²) in [7, 11) is 3.34. The number of nitrogens with two attached hydrogens (primary N) is 1. The molecule has 6 nitrogen and oxygen atoms in total. The van der Waals surface area contributed by atoms with Crippen molar-refractivity contribution in [3.63, 3.8) is 0 Å². The molecule has 5 rings (SSSR count). The smallest absolute Gasteiger partial charge is 0.185 e. The van der Waals surface area contributed by atoms with Crippen molar-refractivity contribution in [3.8, 4) is 11.5 Å². The predicted molar refractivity (Wildman–Crippen MR) is 217 cm³/mol. The molecule has 0 spiro atoms. The minimum absolute atomic E-state index is 0.220. The van der Waals surface area contributed by atoms with Crippen LogP contribution in [0.15, 0.2) is 59.2 Å². The Labute approximate surface area is 316 Å². The number of benzene rings is 2. The number of Topliss-reactive ketones (excluding diaryl/α,β-unsaturated/α-hetero) is 1. The molecule has 4 atom stereocenters. The molecule has 1 heterocycles. The second-order valence-corrected chi connectivity index (χ2v) is 14.6. The zero-order chi connectivity index (χ0) is 38.3. The van der Waals surface area contributed by atoms with Crippen LogP contribution in [0.1, 0.15) is 156 Å². The highest BCUT2D eigenvalue weighted by molar-refractivity contribution is 5.99. The molecule has 2 fully saturated rings. The fourth-order valence-corrected chi connectivity index (χ4v) is 8.16. The first kappa shape index (κ1) is 44.8. The van der Waals surface area contributed by atoms with Gasteiger partial charge in [0.1, 0.15) is 0 Å². The maximum atomic E-state index is 14.0. The lowest BCUT2D eigenvalue weighted by molar-refractivity contribution is 0.0384. The Morgan fingerprint density at radius 1 is 0.885 bits per heavy atom. The Hall–Kier alpha value is -3.38. The SMILES string of the molecule is CC.CCCCC1CC(C)CC(C2CCCCC2)C1C(=O)c1cc(CN)ccc1C.CCCCCc1ccc(OC)c(OC)c1.O=Cc1ccco1. The summed E-state index contributed by atoms with van der Waals surface area (Å²) in [5.74, 6) is 5.31. The highest BCUT2D eigenvalue weighted by atomic mass is 16.5. The molecule has 0 aliphatic heterocycles. The lowest BCUT2D eigenvalue weighted by atomic mass is 9.59. The van der Waals surface area contributed by atoms with E-state index in [1.807, 2.05) is 19.9 Å². The second-order valence-electron chi connectivity index (χ2n) is 14.6. The van der Waals surface area contributed by atoms with Crippen molar-refractivity contribution in [2.24, 2.45) is 35.3 Å². The van der Waals surface area contributed by atoms with Crippen LogP contribution in [0.5, 0.6) is 11.5 Å². The van der Waals surface area contributed by atoms with Crippen LogP contribution in [-0.2, 0) is 13.0 Å². The number of hydrogen-bond donors (Lipinski definition) is 1. The summed E-state index contributed by atoms with van der Waals surface area (Å²) in [6, 6.07) is 15.7. The largest absolute Gasteiger partial charge is 0.493 e.